The molecule has 1 fully saturated rings. The quantitative estimate of drug-likeness (QED) is 0.706. The van der Waals surface area contributed by atoms with Crippen LogP contribution in [0.1, 0.15) is 38.8 Å². The number of aliphatic hydroxyl groups is 1. The lowest BCUT2D eigenvalue weighted by Crippen LogP contribution is -2.43. The van der Waals surface area contributed by atoms with Crippen LogP contribution in [0, 0.1) is 5.92 Å². The maximum absolute atomic E-state index is 12.0. The lowest BCUT2D eigenvalue weighted by molar-refractivity contribution is 0.0924. The number of anilines is 1. The molecule has 1 aromatic heterocycles. The molecule has 1 atom stereocenters. The Balaban J connectivity index is 1.70. The van der Waals surface area contributed by atoms with Crippen LogP contribution >= 0.6 is 0 Å². The number of amides is 2. The van der Waals surface area contributed by atoms with Crippen molar-refractivity contribution in [2.75, 3.05) is 31.5 Å². The van der Waals surface area contributed by atoms with E-state index in [2.05, 4.69) is 34.5 Å². The number of aryl methyl sites for hydroxylation is 2. The number of piperidine rings is 1. The standard InChI is InChI=1S/C17H31N5O2/c1-4-5-14-10-16(21(3)20-14)19-17(24)18-11-15(23)12-22-8-6-13(2)7-9-22/h10,13,15,23H,4-9,11-12H2,1-3H3,(H2,18,19,24). The van der Waals surface area contributed by atoms with Gasteiger partial charge < -0.3 is 15.3 Å². The van der Waals surface area contributed by atoms with E-state index in [1.54, 1.807) is 11.7 Å². The number of hydrogen-bond donors (Lipinski definition) is 3. The van der Waals surface area contributed by atoms with E-state index in [4.69, 9.17) is 0 Å². The molecule has 1 aliphatic rings. The van der Waals surface area contributed by atoms with Crippen LogP contribution in [0.2, 0.25) is 0 Å². The van der Waals surface area contributed by atoms with Crippen molar-refractivity contribution in [1.29, 1.82) is 0 Å². The average molecular weight is 337 g/mol. The molecule has 1 saturated heterocycles. The minimum absolute atomic E-state index is 0.248. The molecule has 0 aliphatic carbocycles. The highest BCUT2D eigenvalue weighted by atomic mass is 16.3. The van der Waals surface area contributed by atoms with Crippen LogP contribution in [0.25, 0.3) is 0 Å². The van der Waals surface area contributed by atoms with Crippen molar-refractivity contribution >= 4 is 11.8 Å². The van der Waals surface area contributed by atoms with Crippen LogP contribution in [0.15, 0.2) is 6.07 Å². The summed E-state index contributed by atoms with van der Waals surface area (Å²) in [6.45, 7) is 7.28. The Bertz CT molecular complexity index is 523. The fourth-order valence-electron chi connectivity index (χ4n) is 3.00. The van der Waals surface area contributed by atoms with Crippen molar-refractivity contribution in [2.24, 2.45) is 13.0 Å². The summed E-state index contributed by atoms with van der Waals surface area (Å²) in [6.07, 6.45) is 3.72. The molecule has 0 aromatic carbocycles. The van der Waals surface area contributed by atoms with Crippen molar-refractivity contribution in [3.05, 3.63) is 11.8 Å². The largest absolute Gasteiger partial charge is 0.390 e. The van der Waals surface area contributed by atoms with Crippen LogP contribution in [-0.2, 0) is 13.5 Å². The predicted molar refractivity (Wildman–Crippen MR) is 95.1 cm³/mol. The fourth-order valence-corrected chi connectivity index (χ4v) is 3.00. The number of nitrogens with zero attached hydrogens (tertiary/aromatic N) is 3. The zero-order valence-electron chi connectivity index (χ0n) is 15.1. The molecule has 1 aliphatic heterocycles. The highest BCUT2D eigenvalue weighted by Gasteiger charge is 2.18. The first-order valence-corrected chi connectivity index (χ1v) is 8.96. The first-order chi connectivity index (χ1) is 11.5. The number of likely N-dealkylation sites (tertiary alicyclic amines) is 1. The normalized spacial score (nSPS) is 17.7. The minimum atomic E-state index is -0.550. The summed E-state index contributed by atoms with van der Waals surface area (Å²) in [6, 6.07) is 1.57. The zero-order valence-corrected chi connectivity index (χ0v) is 15.1. The van der Waals surface area contributed by atoms with E-state index in [0.717, 1.165) is 37.5 Å². The van der Waals surface area contributed by atoms with E-state index in [-0.39, 0.29) is 12.6 Å². The first-order valence-electron chi connectivity index (χ1n) is 8.96. The molecule has 1 unspecified atom stereocenters. The van der Waals surface area contributed by atoms with Gasteiger partial charge in [-0.05, 0) is 38.3 Å². The Kier molecular flexibility index (Phi) is 7.05. The van der Waals surface area contributed by atoms with Crippen LogP contribution in [0.3, 0.4) is 0 Å². The van der Waals surface area contributed by atoms with E-state index in [1.807, 2.05) is 6.07 Å². The third-order valence-electron chi connectivity index (χ3n) is 4.52. The molecular formula is C17H31N5O2. The van der Waals surface area contributed by atoms with Gasteiger partial charge in [0.15, 0.2) is 0 Å². The van der Waals surface area contributed by atoms with Crippen LogP contribution in [0.4, 0.5) is 10.6 Å². The van der Waals surface area contributed by atoms with Crippen molar-refractivity contribution in [3.8, 4) is 0 Å². The van der Waals surface area contributed by atoms with Crippen LogP contribution in [-0.4, -0.2) is 58.1 Å². The van der Waals surface area contributed by atoms with Crippen molar-refractivity contribution < 1.29 is 9.90 Å². The van der Waals surface area contributed by atoms with Gasteiger partial charge in [0.2, 0.25) is 0 Å². The number of aliphatic hydroxyl groups excluding tert-OH is 1. The number of hydrogen-bond acceptors (Lipinski definition) is 4. The molecule has 24 heavy (non-hydrogen) atoms. The molecule has 0 saturated carbocycles. The summed E-state index contributed by atoms with van der Waals surface area (Å²) >= 11 is 0. The van der Waals surface area contributed by atoms with Gasteiger partial charge in [-0.3, -0.25) is 10.00 Å². The monoisotopic (exact) mass is 337 g/mol. The Labute approximate surface area is 144 Å². The Morgan fingerprint density at radius 3 is 2.83 bits per heavy atom. The van der Waals surface area contributed by atoms with Gasteiger partial charge >= 0.3 is 6.03 Å². The second-order valence-electron chi connectivity index (χ2n) is 6.87. The molecule has 0 spiro atoms. The maximum Gasteiger partial charge on any atom is 0.320 e. The topological polar surface area (TPSA) is 82.4 Å². The van der Waals surface area contributed by atoms with Gasteiger partial charge in [-0.25, -0.2) is 4.79 Å². The van der Waals surface area contributed by atoms with Gasteiger partial charge in [-0.1, -0.05) is 20.3 Å². The number of aromatic nitrogens is 2. The third-order valence-corrected chi connectivity index (χ3v) is 4.52. The Morgan fingerprint density at radius 2 is 2.17 bits per heavy atom. The summed E-state index contributed by atoms with van der Waals surface area (Å²) in [4.78, 5) is 14.2. The second-order valence-corrected chi connectivity index (χ2v) is 6.87. The highest BCUT2D eigenvalue weighted by Crippen LogP contribution is 2.15. The van der Waals surface area contributed by atoms with E-state index in [0.29, 0.717) is 12.4 Å². The third kappa shape index (κ3) is 5.79. The second kappa shape index (κ2) is 9.03. The zero-order chi connectivity index (χ0) is 17.5. The molecule has 2 rings (SSSR count). The molecule has 2 amide bonds. The van der Waals surface area contributed by atoms with Gasteiger partial charge in [0.05, 0.1) is 11.8 Å². The lowest BCUT2D eigenvalue weighted by Gasteiger charge is -2.31. The van der Waals surface area contributed by atoms with Gasteiger partial charge in [0, 0.05) is 26.2 Å². The summed E-state index contributed by atoms with van der Waals surface area (Å²) in [5, 5.41) is 20.0. The van der Waals surface area contributed by atoms with Crippen LogP contribution < -0.4 is 10.6 Å². The summed E-state index contributed by atoms with van der Waals surface area (Å²) < 4.78 is 1.66. The van der Waals surface area contributed by atoms with Crippen molar-refractivity contribution in [1.82, 2.24) is 20.0 Å². The highest BCUT2D eigenvalue weighted by molar-refractivity contribution is 5.88. The number of β-amino-alcohol motifs (C(OH)–C–C–N with tert-alkyl or cyclic N) is 1. The SMILES string of the molecule is CCCc1cc(NC(=O)NCC(O)CN2CCC(C)CC2)n(C)n1. The Hall–Kier alpha value is -1.60. The van der Waals surface area contributed by atoms with Crippen molar-refractivity contribution in [2.45, 2.75) is 45.6 Å². The van der Waals surface area contributed by atoms with Gasteiger partial charge in [-0.2, -0.15) is 5.10 Å². The number of nitrogens with one attached hydrogen (secondary N) is 2. The average Bonchev–Trinajstić information content (AvgIpc) is 2.87. The number of carbonyl (C=O) groups excluding carboxylic acids is 1. The molecule has 7 heteroatoms. The number of urea groups is 1. The van der Waals surface area contributed by atoms with E-state index >= 15 is 0 Å². The van der Waals surface area contributed by atoms with Gasteiger partial charge in [0.25, 0.3) is 0 Å². The van der Waals surface area contributed by atoms with E-state index in [9.17, 15) is 9.90 Å². The molecule has 0 radical (unpaired) electrons. The smallest absolute Gasteiger partial charge is 0.320 e. The number of rotatable bonds is 7. The summed E-state index contributed by atoms with van der Waals surface area (Å²) in [5.41, 5.74) is 0.967. The molecular weight excluding hydrogens is 306 g/mol. The predicted octanol–water partition coefficient (Wildman–Crippen LogP) is 1.59. The van der Waals surface area contributed by atoms with Gasteiger partial charge in [-0.15, -0.1) is 0 Å². The molecule has 2 heterocycles. The fraction of sp³-hybridized carbons (Fsp3) is 0.765. The lowest BCUT2D eigenvalue weighted by atomic mass is 9.99. The van der Waals surface area contributed by atoms with Gasteiger partial charge in [0.1, 0.15) is 5.82 Å². The summed E-state index contributed by atoms with van der Waals surface area (Å²) in [5.74, 6) is 1.44. The molecule has 7 nitrogen and oxygen atoms in total. The maximum atomic E-state index is 12.0. The first kappa shape index (κ1) is 18.7. The Morgan fingerprint density at radius 1 is 1.46 bits per heavy atom. The minimum Gasteiger partial charge on any atom is -0.390 e. The van der Waals surface area contributed by atoms with E-state index < -0.39 is 6.10 Å². The van der Waals surface area contributed by atoms with Crippen LogP contribution in [0.5, 0.6) is 0 Å². The molecule has 1 aromatic rings. The molecule has 0 bridgehead atoms. The van der Waals surface area contributed by atoms with Crippen molar-refractivity contribution in [3.63, 3.8) is 0 Å². The summed E-state index contributed by atoms with van der Waals surface area (Å²) in [7, 11) is 1.81. The number of carbonyl (C=O) groups is 1. The molecule has 136 valence electrons. The molecule has 3 N–H and O–H groups in total. The van der Waals surface area contributed by atoms with E-state index in [1.165, 1.54) is 12.8 Å².